The van der Waals surface area contributed by atoms with Crippen molar-refractivity contribution in [2.75, 3.05) is 16.8 Å². The normalized spacial score (nSPS) is 14.0. The van der Waals surface area contributed by atoms with E-state index in [1.807, 2.05) is 6.07 Å². The lowest BCUT2D eigenvalue weighted by Crippen LogP contribution is -2.30. The number of nitriles is 1. The van der Waals surface area contributed by atoms with E-state index < -0.39 is 23.2 Å². The molecule has 2 aromatic carbocycles. The summed E-state index contributed by atoms with van der Waals surface area (Å²) >= 11 is 0. The van der Waals surface area contributed by atoms with Gasteiger partial charge in [-0.2, -0.15) is 15.2 Å². The molecule has 1 saturated carbocycles. The Morgan fingerprint density at radius 2 is 1.88 bits per heavy atom. The minimum atomic E-state index is -0.731. The molecule has 4 aromatic rings. The fraction of sp³-hybridized carbons (Fsp3) is 0.174. The first-order valence-corrected chi connectivity index (χ1v) is 10.4. The topological polar surface area (TPSA) is 149 Å². The molecule has 0 spiro atoms. The number of nitrogens with one attached hydrogen (secondary N) is 1. The van der Waals surface area contributed by atoms with E-state index in [4.69, 9.17) is 11.5 Å². The maximum atomic E-state index is 14.6. The van der Waals surface area contributed by atoms with Gasteiger partial charge in [-0.1, -0.05) is 12.1 Å². The lowest BCUT2D eigenvalue weighted by molar-refractivity contribution is 0.599. The standard InChI is InChI=1S/C23H18F2N8O/c24-12-3-1-4-13(9-12)33-21(29-16-6-2-5-15(25)17(16)22(33)34)18(11-7-8-11)30-20-14(10-26)19(27)31-23(28)32-20/h1-6,9,11,18H,7-8H2,(H5,27,28,30,31,32)/t18-/m0/s1. The quantitative estimate of drug-likeness (QED) is 0.411. The van der Waals surface area contributed by atoms with Crippen LogP contribution >= 0.6 is 0 Å². The predicted molar refractivity (Wildman–Crippen MR) is 122 cm³/mol. The number of aromatic nitrogens is 4. The van der Waals surface area contributed by atoms with Gasteiger partial charge in [-0.05, 0) is 49.1 Å². The maximum Gasteiger partial charge on any atom is 0.269 e. The molecule has 0 radical (unpaired) electrons. The number of halogens is 2. The average molecular weight is 460 g/mol. The summed E-state index contributed by atoms with van der Waals surface area (Å²) in [7, 11) is 0. The third-order valence-corrected chi connectivity index (χ3v) is 5.67. The van der Waals surface area contributed by atoms with Gasteiger partial charge in [0.05, 0.1) is 17.2 Å². The van der Waals surface area contributed by atoms with Gasteiger partial charge in [0.1, 0.15) is 40.3 Å². The van der Waals surface area contributed by atoms with Crippen molar-refractivity contribution in [2.45, 2.75) is 18.9 Å². The predicted octanol–water partition coefficient (Wildman–Crippen LogP) is 3.05. The van der Waals surface area contributed by atoms with Crippen LogP contribution in [0, 0.1) is 28.9 Å². The van der Waals surface area contributed by atoms with Crippen LogP contribution in [0.25, 0.3) is 16.6 Å². The highest BCUT2D eigenvalue weighted by atomic mass is 19.1. The van der Waals surface area contributed by atoms with E-state index in [2.05, 4.69) is 20.3 Å². The van der Waals surface area contributed by atoms with Crippen LogP contribution in [-0.4, -0.2) is 19.5 Å². The highest BCUT2D eigenvalue weighted by molar-refractivity contribution is 5.79. The van der Waals surface area contributed by atoms with Gasteiger partial charge in [0.15, 0.2) is 5.82 Å². The number of rotatable bonds is 5. The summed E-state index contributed by atoms with van der Waals surface area (Å²) in [4.78, 5) is 26.1. The Kier molecular flexibility index (Phi) is 5.05. The van der Waals surface area contributed by atoms with Gasteiger partial charge in [0.2, 0.25) is 5.95 Å². The van der Waals surface area contributed by atoms with E-state index in [1.54, 1.807) is 0 Å². The van der Waals surface area contributed by atoms with Crippen molar-refractivity contribution in [3.05, 3.63) is 75.8 Å². The first-order chi connectivity index (χ1) is 16.4. The number of fused-ring (bicyclic) bond motifs is 1. The Balaban J connectivity index is 1.77. The van der Waals surface area contributed by atoms with Gasteiger partial charge in [0, 0.05) is 0 Å². The smallest absolute Gasteiger partial charge is 0.269 e. The Morgan fingerprint density at radius 1 is 1.12 bits per heavy atom. The third-order valence-electron chi connectivity index (χ3n) is 5.67. The second kappa shape index (κ2) is 8.08. The van der Waals surface area contributed by atoms with Gasteiger partial charge in [-0.15, -0.1) is 0 Å². The monoisotopic (exact) mass is 460 g/mol. The molecule has 1 aliphatic rings. The molecule has 0 aliphatic heterocycles. The van der Waals surface area contributed by atoms with Crippen LogP contribution in [0.3, 0.4) is 0 Å². The molecule has 2 aromatic heterocycles. The van der Waals surface area contributed by atoms with Gasteiger partial charge in [0.25, 0.3) is 5.56 Å². The molecular weight excluding hydrogens is 442 g/mol. The Bertz CT molecular complexity index is 1540. The second-order valence-electron chi connectivity index (χ2n) is 7.99. The second-order valence-corrected chi connectivity index (χ2v) is 7.99. The number of nitrogens with two attached hydrogens (primary N) is 2. The Hall–Kier alpha value is -4.59. The molecule has 170 valence electrons. The SMILES string of the molecule is N#Cc1c(N)nc(N)nc1N[C@H](c1nc2cccc(F)c2c(=O)n1-c1cccc(F)c1)C1CC1. The molecule has 11 heteroatoms. The summed E-state index contributed by atoms with van der Waals surface area (Å²) in [5.41, 5.74) is 11.2. The summed E-state index contributed by atoms with van der Waals surface area (Å²) in [6.07, 6.45) is 1.60. The summed E-state index contributed by atoms with van der Waals surface area (Å²) in [5.74, 6) is -1.21. The van der Waals surface area contributed by atoms with E-state index >= 15 is 0 Å². The molecule has 1 fully saturated rings. The van der Waals surface area contributed by atoms with E-state index in [0.717, 1.165) is 12.8 Å². The summed E-state index contributed by atoms with van der Waals surface area (Å²) < 4.78 is 29.9. The van der Waals surface area contributed by atoms with Crippen LogP contribution in [0.4, 0.5) is 26.4 Å². The van der Waals surface area contributed by atoms with Crippen LogP contribution in [0.2, 0.25) is 0 Å². The first-order valence-electron chi connectivity index (χ1n) is 10.4. The van der Waals surface area contributed by atoms with Crippen molar-refractivity contribution in [3.8, 4) is 11.8 Å². The highest BCUT2D eigenvalue weighted by Gasteiger charge is 2.37. The number of benzene rings is 2. The number of anilines is 3. The Labute approximate surface area is 191 Å². The molecule has 1 aliphatic carbocycles. The number of nitrogen functional groups attached to an aromatic ring is 2. The molecular formula is C23H18F2N8O. The van der Waals surface area contributed by atoms with E-state index in [9.17, 15) is 18.8 Å². The zero-order valence-corrected chi connectivity index (χ0v) is 17.7. The third kappa shape index (κ3) is 3.65. The van der Waals surface area contributed by atoms with E-state index in [0.29, 0.717) is 0 Å². The molecule has 0 bridgehead atoms. The minimum absolute atomic E-state index is 0.00802. The molecule has 0 amide bonds. The highest BCUT2D eigenvalue weighted by Crippen LogP contribution is 2.43. The molecule has 34 heavy (non-hydrogen) atoms. The van der Waals surface area contributed by atoms with Crippen molar-refractivity contribution >= 4 is 28.5 Å². The molecule has 2 heterocycles. The molecule has 5 N–H and O–H groups in total. The average Bonchev–Trinajstić information content (AvgIpc) is 3.62. The summed E-state index contributed by atoms with van der Waals surface area (Å²) in [6.45, 7) is 0. The van der Waals surface area contributed by atoms with Gasteiger partial charge < -0.3 is 16.8 Å². The number of nitrogens with zero attached hydrogens (tertiary/aromatic N) is 5. The summed E-state index contributed by atoms with van der Waals surface area (Å²) in [6, 6.07) is 10.9. The van der Waals surface area contributed by atoms with E-state index in [-0.39, 0.29) is 51.5 Å². The maximum absolute atomic E-state index is 14.6. The fourth-order valence-electron chi connectivity index (χ4n) is 3.96. The molecule has 5 rings (SSSR count). The largest absolute Gasteiger partial charge is 0.382 e. The van der Waals surface area contributed by atoms with E-state index in [1.165, 1.54) is 47.0 Å². The van der Waals surface area contributed by atoms with Crippen LogP contribution in [-0.2, 0) is 0 Å². The van der Waals surface area contributed by atoms with Crippen LogP contribution in [0.5, 0.6) is 0 Å². The van der Waals surface area contributed by atoms with Gasteiger partial charge in [-0.25, -0.2) is 13.8 Å². The van der Waals surface area contributed by atoms with Crippen molar-refractivity contribution in [1.29, 1.82) is 5.26 Å². The molecule has 1 atom stereocenters. The zero-order valence-electron chi connectivity index (χ0n) is 17.7. The lowest BCUT2D eigenvalue weighted by Gasteiger charge is -2.23. The number of hydrogen-bond acceptors (Lipinski definition) is 8. The zero-order chi connectivity index (χ0) is 24.0. The van der Waals surface area contributed by atoms with Crippen LogP contribution < -0.4 is 22.3 Å². The van der Waals surface area contributed by atoms with Crippen molar-refractivity contribution in [3.63, 3.8) is 0 Å². The van der Waals surface area contributed by atoms with Gasteiger partial charge in [-0.3, -0.25) is 9.36 Å². The summed E-state index contributed by atoms with van der Waals surface area (Å²) in [5, 5.41) is 12.5. The van der Waals surface area contributed by atoms with Gasteiger partial charge >= 0.3 is 0 Å². The molecule has 9 nitrogen and oxygen atoms in total. The van der Waals surface area contributed by atoms with Crippen LogP contribution in [0.15, 0.2) is 47.3 Å². The fourth-order valence-corrected chi connectivity index (χ4v) is 3.96. The molecule has 0 unspecified atom stereocenters. The minimum Gasteiger partial charge on any atom is -0.382 e. The Morgan fingerprint density at radius 3 is 2.59 bits per heavy atom. The van der Waals surface area contributed by atoms with Crippen molar-refractivity contribution in [1.82, 2.24) is 19.5 Å². The number of hydrogen-bond donors (Lipinski definition) is 3. The van der Waals surface area contributed by atoms with Crippen molar-refractivity contribution < 1.29 is 8.78 Å². The molecule has 0 saturated heterocycles. The lowest BCUT2D eigenvalue weighted by atomic mass is 10.1. The first kappa shape index (κ1) is 21.3. The van der Waals surface area contributed by atoms with Crippen molar-refractivity contribution in [2.24, 2.45) is 5.92 Å². The van der Waals surface area contributed by atoms with Crippen LogP contribution in [0.1, 0.15) is 30.3 Å².